The van der Waals surface area contributed by atoms with Gasteiger partial charge in [0.15, 0.2) is 0 Å². The molecular weight excluding hydrogens is 346 g/mol. The molecule has 4 nitrogen and oxygen atoms in total. The van der Waals surface area contributed by atoms with Crippen LogP contribution in [0.15, 0.2) is 47.4 Å². The fraction of sp³-hybridized carbons (Fsp3) is 0.381. The highest BCUT2D eigenvalue weighted by Gasteiger charge is 2.19. The lowest BCUT2D eigenvalue weighted by Gasteiger charge is -2.27. The second-order valence-corrected chi connectivity index (χ2v) is 7.31. The van der Waals surface area contributed by atoms with Gasteiger partial charge in [-0.2, -0.15) is 0 Å². The molecule has 1 aliphatic heterocycles. The largest absolute Gasteiger partial charge is 0.494 e. The summed E-state index contributed by atoms with van der Waals surface area (Å²) in [6.45, 7) is 7.20. The van der Waals surface area contributed by atoms with Gasteiger partial charge in [0.05, 0.1) is 19.8 Å². The Balaban J connectivity index is 1.76. The molecule has 2 aromatic rings. The van der Waals surface area contributed by atoms with Crippen LogP contribution >= 0.6 is 11.8 Å². The van der Waals surface area contributed by atoms with Crippen LogP contribution in [0.2, 0.25) is 0 Å². The van der Waals surface area contributed by atoms with Crippen LogP contribution in [0.5, 0.6) is 5.75 Å². The lowest BCUT2D eigenvalue weighted by atomic mass is 10.1. The minimum absolute atomic E-state index is 0.0675. The Morgan fingerprint density at radius 2 is 1.88 bits per heavy atom. The summed E-state index contributed by atoms with van der Waals surface area (Å²) < 4.78 is 11.1. The molecule has 138 valence electrons. The lowest BCUT2D eigenvalue weighted by Crippen LogP contribution is -2.40. The highest BCUT2D eigenvalue weighted by atomic mass is 32.2. The predicted octanol–water partition coefficient (Wildman–Crippen LogP) is 4.16. The van der Waals surface area contributed by atoms with E-state index in [4.69, 9.17) is 9.47 Å². The maximum absolute atomic E-state index is 12.8. The number of carbonyl (C=O) groups excluding carboxylic acids is 1. The van der Waals surface area contributed by atoms with Crippen molar-refractivity contribution in [1.82, 2.24) is 4.90 Å². The van der Waals surface area contributed by atoms with Crippen molar-refractivity contribution >= 4 is 17.7 Å². The molecule has 0 unspecified atom stereocenters. The fourth-order valence-corrected chi connectivity index (χ4v) is 3.74. The van der Waals surface area contributed by atoms with E-state index in [-0.39, 0.29) is 5.91 Å². The number of aryl methyl sites for hydroxylation is 1. The third-order valence-corrected chi connectivity index (χ3v) is 5.38. The van der Waals surface area contributed by atoms with E-state index in [1.54, 1.807) is 11.8 Å². The van der Waals surface area contributed by atoms with E-state index in [1.807, 2.05) is 30.0 Å². The average Bonchev–Trinajstić information content (AvgIpc) is 2.69. The highest BCUT2D eigenvalue weighted by Crippen LogP contribution is 2.29. The molecule has 3 rings (SSSR count). The van der Waals surface area contributed by atoms with Crippen LogP contribution in [0.3, 0.4) is 0 Å². The normalized spacial score (nSPS) is 14.3. The molecule has 1 heterocycles. The standard InChI is InChI=1S/C21H25NO3S/c1-3-25-20-9-6-17(21(23)22-10-12-24-13-11-22)14-18(20)15-26-19-7-4-16(2)5-8-19/h4-9,14H,3,10-13,15H2,1-2H3. The number of morpholine rings is 1. The Hall–Kier alpha value is -1.98. The molecule has 0 radical (unpaired) electrons. The van der Waals surface area contributed by atoms with E-state index in [0.717, 1.165) is 22.6 Å². The topological polar surface area (TPSA) is 38.8 Å². The summed E-state index contributed by atoms with van der Waals surface area (Å²) in [6.07, 6.45) is 0. The maximum Gasteiger partial charge on any atom is 0.254 e. The molecule has 5 heteroatoms. The van der Waals surface area contributed by atoms with Crippen LogP contribution in [-0.2, 0) is 10.5 Å². The summed E-state index contributed by atoms with van der Waals surface area (Å²) in [4.78, 5) is 15.8. The Labute approximate surface area is 159 Å². The first-order valence-corrected chi connectivity index (χ1v) is 9.98. The molecule has 1 aliphatic rings. The van der Waals surface area contributed by atoms with E-state index < -0.39 is 0 Å². The van der Waals surface area contributed by atoms with Gasteiger partial charge in [-0.3, -0.25) is 4.79 Å². The van der Waals surface area contributed by atoms with Gasteiger partial charge in [-0.1, -0.05) is 17.7 Å². The molecule has 1 amide bonds. The number of carbonyl (C=O) groups is 1. The van der Waals surface area contributed by atoms with Crippen molar-refractivity contribution in [2.24, 2.45) is 0 Å². The lowest BCUT2D eigenvalue weighted by molar-refractivity contribution is 0.0303. The first-order chi connectivity index (χ1) is 12.7. The van der Waals surface area contributed by atoms with Crippen LogP contribution in [-0.4, -0.2) is 43.7 Å². The third-order valence-electron chi connectivity index (χ3n) is 4.32. The summed E-state index contributed by atoms with van der Waals surface area (Å²) >= 11 is 1.75. The average molecular weight is 372 g/mol. The van der Waals surface area contributed by atoms with Gasteiger partial charge in [0, 0.05) is 34.9 Å². The molecule has 0 bridgehead atoms. The van der Waals surface area contributed by atoms with Crippen LogP contribution in [0, 0.1) is 6.92 Å². The van der Waals surface area contributed by atoms with E-state index >= 15 is 0 Å². The van der Waals surface area contributed by atoms with Gasteiger partial charge >= 0.3 is 0 Å². The summed E-state index contributed by atoms with van der Waals surface area (Å²) in [5.41, 5.74) is 3.02. The SMILES string of the molecule is CCOc1ccc(C(=O)N2CCOCC2)cc1CSc1ccc(C)cc1. The molecular formula is C21H25NO3S. The van der Waals surface area contributed by atoms with E-state index in [1.165, 1.54) is 10.5 Å². The van der Waals surface area contributed by atoms with Crippen molar-refractivity contribution < 1.29 is 14.3 Å². The number of amides is 1. The molecule has 0 N–H and O–H groups in total. The minimum atomic E-state index is 0.0675. The zero-order chi connectivity index (χ0) is 18.4. The number of hydrogen-bond donors (Lipinski definition) is 0. The fourth-order valence-electron chi connectivity index (χ4n) is 2.87. The van der Waals surface area contributed by atoms with Crippen molar-refractivity contribution in [3.05, 3.63) is 59.2 Å². The van der Waals surface area contributed by atoms with E-state index in [9.17, 15) is 4.79 Å². The second kappa shape index (κ2) is 9.10. The number of benzene rings is 2. The van der Waals surface area contributed by atoms with Crippen LogP contribution in [0.25, 0.3) is 0 Å². The van der Waals surface area contributed by atoms with Gasteiger partial charge in [0.25, 0.3) is 5.91 Å². The van der Waals surface area contributed by atoms with Crippen LogP contribution in [0.1, 0.15) is 28.4 Å². The van der Waals surface area contributed by atoms with Crippen molar-refractivity contribution in [3.63, 3.8) is 0 Å². The first kappa shape index (κ1) is 18.8. The Morgan fingerprint density at radius 1 is 1.15 bits per heavy atom. The zero-order valence-electron chi connectivity index (χ0n) is 15.4. The number of nitrogens with zero attached hydrogens (tertiary/aromatic N) is 1. The number of rotatable bonds is 6. The van der Waals surface area contributed by atoms with Gasteiger partial charge in [-0.15, -0.1) is 11.8 Å². The Morgan fingerprint density at radius 3 is 2.58 bits per heavy atom. The van der Waals surface area contributed by atoms with E-state index in [0.29, 0.717) is 32.9 Å². The molecule has 1 saturated heterocycles. The second-order valence-electron chi connectivity index (χ2n) is 6.26. The Kier molecular flexibility index (Phi) is 6.58. The molecule has 0 aromatic heterocycles. The van der Waals surface area contributed by atoms with Crippen LogP contribution < -0.4 is 4.74 Å². The highest BCUT2D eigenvalue weighted by molar-refractivity contribution is 7.98. The zero-order valence-corrected chi connectivity index (χ0v) is 16.2. The summed E-state index contributed by atoms with van der Waals surface area (Å²) in [6, 6.07) is 14.2. The molecule has 0 aliphatic carbocycles. The number of ether oxygens (including phenoxy) is 2. The maximum atomic E-state index is 12.8. The molecule has 0 saturated carbocycles. The molecule has 0 spiro atoms. The quantitative estimate of drug-likeness (QED) is 0.715. The van der Waals surface area contributed by atoms with Gasteiger partial charge in [0.1, 0.15) is 5.75 Å². The Bertz CT molecular complexity index is 739. The molecule has 0 atom stereocenters. The van der Waals surface area contributed by atoms with Gasteiger partial charge in [-0.05, 0) is 44.2 Å². The molecule has 1 fully saturated rings. The first-order valence-electron chi connectivity index (χ1n) is 8.99. The molecule has 2 aromatic carbocycles. The van der Waals surface area contributed by atoms with Crippen molar-refractivity contribution in [2.75, 3.05) is 32.9 Å². The summed E-state index contributed by atoms with van der Waals surface area (Å²) in [5, 5.41) is 0. The van der Waals surface area contributed by atoms with Crippen molar-refractivity contribution in [1.29, 1.82) is 0 Å². The van der Waals surface area contributed by atoms with Gasteiger partial charge < -0.3 is 14.4 Å². The summed E-state index contributed by atoms with van der Waals surface area (Å²) in [5.74, 6) is 1.69. The predicted molar refractivity (Wildman–Crippen MR) is 105 cm³/mol. The van der Waals surface area contributed by atoms with Gasteiger partial charge in [-0.25, -0.2) is 0 Å². The van der Waals surface area contributed by atoms with E-state index in [2.05, 4.69) is 31.2 Å². The molecule has 26 heavy (non-hydrogen) atoms. The minimum Gasteiger partial charge on any atom is -0.494 e. The smallest absolute Gasteiger partial charge is 0.254 e. The summed E-state index contributed by atoms with van der Waals surface area (Å²) in [7, 11) is 0. The van der Waals surface area contributed by atoms with Crippen molar-refractivity contribution in [3.8, 4) is 5.75 Å². The van der Waals surface area contributed by atoms with Gasteiger partial charge in [0.2, 0.25) is 0 Å². The monoisotopic (exact) mass is 371 g/mol. The number of thioether (sulfide) groups is 1. The van der Waals surface area contributed by atoms with Crippen molar-refractivity contribution in [2.45, 2.75) is 24.5 Å². The number of hydrogen-bond acceptors (Lipinski definition) is 4. The third kappa shape index (κ3) is 4.80. The van der Waals surface area contributed by atoms with Crippen LogP contribution in [0.4, 0.5) is 0 Å².